The van der Waals surface area contributed by atoms with Gasteiger partial charge in [-0.1, -0.05) is 18.9 Å². The number of fused-ring (bicyclic) bond motifs is 2. The minimum atomic E-state index is -1.04. The molecule has 0 radical (unpaired) electrons. The van der Waals surface area contributed by atoms with E-state index in [9.17, 15) is 28.8 Å². The van der Waals surface area contributed by atoms with Crippen molar-refractivity contribution in [3.63, 3.8) is 0 Å². The van der Waals surface area contributed by atoms with Crippen molar-refractivity contribution in [2.75, 3.05) is 76.0 Å². The standard InChI is InChI=1S/C43H49N9O9/c1-26-31-25-45-43(48-38(31)51(28-6-3-4-7-28)41(57)36(26)27(2)53)46-34-12-10-29(24-44-34)50-16-14-49(15-17-50)18-19-59-20-21-60-22-23-61-33-9-5-8-30-37(33)42(58)52(40(30)56)32-11-13-35(54)47-39(32)55/h5,8-10,12,24-25,28,32H,3-4,6-7,11,13-23H2,1-2H3,(H,47,54,55)(H,44,45,46,48). The second-order valence-electron chi connectivity index (χ2n) is 15.7. The number of piperazine rings is 1. The Balaban J connectivity index is 0.739. The summed E-state index contributed by atoms with van der Waals surface area (Å²) in [5.74, 6) is -1.40. The molecule has 4 aromatic rings. The summed E-state index contributed by atoms with van der Waals surface area (Å²) in [6, 6.07) is 7.60. The van der Waals surface area contributed by atoms with E-state index in [0.29, 0.717) is 48.2 Å². The number of hydrogen-bond donors (Lipinski definition) is 2. The van der Waals surface area contributed by atoms with Crippen LogP contribution in [-0.4, -0.2) is 131 Å². The number of amides is 4. The van der Waals surface area contributed by atoms with Gasteiger partial charge in [0, 0.05) is 56.8 Å². The Morgan fingerprint density at radius 3 is 2.34 bits per heavy atom. The molecule has 1 aliphatic carbocycles. The van der Waals surface area contributed by atoms with Crippen LogP contribution in [0.1, 0.15) is 88.1 Å². The number of aromatic nitrogens is 4. The quantitative estimate of drug-likeness (QED) is 0.0944. The highest BCUT2D eigenvalue weighted by atomic mass is 16.5. The Hall–Kier alpha value is -6.11. The first-order valence-corrected chi connectivity index (χ1v) is 20.8. The molecule has 0 spiro atoms. The van der Waals surface area contributed by atoms with Crippen LogP contribution < -0.4 is 25.8 Å². The van der Waals surface area contributed by atoms with Crippen molar-refractivity contribution in [2.24, 2.45) is 0 Å². The van der Waals surface area contributed by atoms with Crippen molar-refractivity contribution in [2.45, 2.75) is 64.5 Å². The summed E-state index contributed by atoms with van der Waals surface area (Å²) < 4.78 is 19.0. The van der Waals surface area contributed by atoms with Gasteiger partial charge in [-0.05, 0) is 62.9 Å². The van der Waals surface area contributed by atoms with Crippen LogP contribution in [0.25, 0.3) is 11.0 Å². The summed E-state index contributed by atoms with van der Waals surface area (Å²) in [6.45, 7) is 9.13. The van der Waals surface area contributed by atoms with E-state index < -0.39 is 29.7 Å². The van der Waals surface area contributed by atoms with Crippen LogP contribution >= 0.6 is 0 Å². The van der Waals surface area contributed by atoms with Crippen molar-refractivity contribution in [3.8, 4) is 5.75 Å². The lowest BCUT2D eigenvalue weighted by atomic mass is 10.0. The molecule has 1 unspecified atom stereocenters. The largest absolute Gasteiger partial charge is 0.490 e. The van der Waals surface area contributed by atoms with Crippen molar-refractivity contribution in [1.82, 2.24) is 34.6 Å². The van der Waals surface area contributed by atoms with Gasteiger partial charge in [0.05, 0.1) is 55.0 Å². The summed E-state index contributed by atoms with van der Waals surface area (Å²) in [4.78, 5) is 95.7. The highest BCUT2D eigenvalue weighted by Crippen LogP contribution is 2.34. The molecule has 1 saturated carbocycles. The Morgan fingerprint density at radius 2 is 1.62 bits per heavy atom. The van der Waals surface area contributed by atoms with Crippen molar-refractivity contribution < 1.29 is 38.2 Å². The van der Waals surface area contributed by atoms with Gasteiger partial charge in [-0.15, -0.1) is 0 Å². The fourth-order valence-electron chi connectivity index (χ4n) is 8.63. The normalized spacial score (nSPS) is 18.6. The van der Waals surface area contributed by atoms with Gasteiger partial charge in [-0.3, -0.25) is 48.5 Å². The molecule has 1 atom stereocenters. The van der Waals surface area contributed by atoms with Crippen LogP contribution in [-0.2, 0) is 19.1 Å². The molecule has 1 aromatic carbocycles. The highest BCUT2D eigenvalue weighted by molar-refractivity contribution is 6.24. The zero-order valence-electron chi connectivity index (χ0n) is 34.3. The number of nitrogens with one attached hydrogen (secondary N) is 2. The highest BCUT2D eigenvalue weighted by Gasteiger charge is 2.46. The zero-order chi connectivity index (χ0) is 42.6. The van der Waals surface area contributed by atoms with E-state index in [-0.39, 0.29) is 65.9 Å². The molecule has 18 nitrogen and oxygen atoms in total. The Kier molecular flexibility index (Phi) is 12.4. The average Bonchev–Trinajstić information content (AvgIpc) is 3.87. The molecule has 4 aliphatic rings. The number of Topliss-reactive ketones (excluding diaryl/α,β-unsaturated/α-hetero) is 1. The van der Waals surface area contributed by atoms with E-state index in [4.69, 9.17) is 19.2 Å². The number of carbonyl (C=O) groups is 5. The van der Waals surface area contributed by atoms with Crippen LogP contribution in [0.2, 0.25) is 0 Å². The van der Waals surface area contributed by atoms with Gasteiger partial charge in [0.25, 0.3) is 17.4 Å². The lowest BCUT2D eigenvalue weighted by Gasteiger charge is -2.35. The summed E-state index contributed by atoms with van der Waals surface area (Å²) in [6.07, 6.45) is 7.45. The number of piperidine rings is 1. The number of carbonyl (C=O) groups excluding carboxylic acids is 5. The predicted molar refractivity (Wildman–Crippen MR) is 222 cm³/mol. The van der Waals surface area contributed by atoms with E-state index in [0.717, 1.165) is 69.0 Å². The maximum Gasteiger partial charge on any atom is 0.266 e. The Labute approximate surface area is 351 Å². The third-order valence-electron chi connectivity index (χ3n) is 11.8. The van der Waals surface area contributed by atoms with Crippen LogP contribution in [0.4, 0.5) is 17.5 Å². The van der Waals surface area contributed by atoms with Crippen molar-refractivity contribution >= 4 is 57.9 Å². The smallest absolute Gasteiger partial charge is 0.266 e. The monoisotopic (exact) mass is 835 g/mol. The maximum atomic E-state index is 13.5. The fourth-order valence-corrected chi connectivity index (χ4v) is 8.63. The molecular weight excluding hydrogens is 787 g/mol. The summed E-state index contributed by atoms with van der Waals surface area (Å²) in [7, 11) is 0. The topological polar surface area (TPSA) is 207 Å². The Bertz CT molecular complexity index is 2410. The van der Waals surface area contributed by atoms with Crippen LogP contribution in [0, 0.1) is 6.92 Å². The average molecular weight is 836 g/mol. The van der Waals surface area contributed by atoms with E-state index in [1.807, 2.05) is 18.3 Å². The number of ketones is 1. The lowest BCUT2D eigenvalue weighted by molar-refractivity contribution is -0.136. The second kappa shape index (κ2) is 18.2. The summed E-state index contributed by atoms with van der Waals surface area (Å²) >= 11 is 0. The molecule has 320 valence electrons. The molecule has 2 saturated heterocycles. The van der Waals surface area contributed by atoms with Crippen molar-refractivity contribution in [1.29, 1.82) is 0 Å². The van der Waals surface area contributed by atoms with E-state index in [1.165, 1.54) is 13.0 Å². The number of nitrogens with zero attached hydrogens (tertiary/aromatic N) is 7. The van der Waals surface area contributed by atoms with Gasteiger partial charge < -0.3 is 24.4 Å². The molecule has 18 heteroatoms. The summed E-state index contributed by atoms with van der Waals surface area (Å²) in [5, 5.41) is 6.09. The molecule has 3 aromatic heterocycles. The van der Waals surface area contributed by atoms with Gasteiger partial charge in [0.15, 0.2) is 5.78 Å². The molecule has 3 aliphatic heterocycles. The molecule has 0 bridgehead atoms. The summed E-state index contributed by atoms with van der Waals surface area (Å²) in [5.41, 5.74) is 2.33. The lowest BCUT2D eigenvalue weighted by Crippen LogP contribution is -2.54. The maximum absolute atomic E-state index is 13.5. The van der Waals surface area contributed by atoms with E-state index in [1.54, 1.807) is 29.8 Å². The van der Waals surface area contributed by atoms with Gasteiger partial charge in [0.1, 0.15) is 29.9 Å². The van der Waals surface area contributed by atoms with Crippen molar-refractivity contribution in [3.05, 3.63) is 75.3 Å². The number of aryl methyl sites for hydroxylation is 1. The molecule has 61 heavy (non-hydrogen) atoms. The third-order valence-corrected chi connectivity index (χ3v) is 11.8. The number of anilines is 3. The van der Waals surface area contributed by atoms with Crippen LogP contribution in [0.5, 0.6) is 5.75 Å². The first kappa shape index (κ1) is 41.6. The first-order chi connectivity index (χ1) is 29.6. The molecule has 6 heterocycles. The van der Waals surface area contributed by atoms with E-state index >= 15 is 0 Å². The molecule has 3 fully saturated rings. The number of imide groups is 2. The van der Waals surface area contributed by atoms with Gasteiger partial charge >= 0.3 is 0 Å². The number of ether oxygens (including phenoxy) is 3. The molecular formula is C43H49N9O9. The van der Waals surface area contributed by atoms with Gasteiger partial charge in [0.2, 0.25) is 17.8 Å². The van der Waals surface area contributed by atoms with Crippen LogP contribution in [0.15, 0.2) is 47.5 Å². The zero-order valence-corrected chi connectivity index (χ0v) is 34.3. The third kappa shape index (κ3) is 8.73. The Morgan fingerprint density at radius 1 is 0.869 bits per heavy atom. The number of hydrogen-bond acceptors (Lipinski definition) is 15. The first-order valence-electron chi connectivity index (χ1n) is 20.8. The SMILES string of the molecule is CC(=O)c1c(C)c2cnc(Nc3ccc(N4CCN(CCOCCOCCOc5cccc6c5C(=O)N(C5CCC(=O)NC5=O)C6=O)CC4)cn3)nc2n(C2CCCC2)c1=O. The fraction of sp³-hybridized carbons (Fsp3) is 0.465. The minimum Gasteiger partial charge on any atom is -0.490 e. The van der Waals surface area contributed by atoms with Crippen LogP contribution in [0.3, 0.4) is 0 Å². The van der Waals surface area contributed by atoms with Gasteiger partial charge in [-0.2, -0.15) is 4.98 Å². The molecule has 4 amide bonds. The number of pyridine rings is 2. The minimum absolute atomic E-state index is 0.000363. The predicted octanol–water partition coefficient (Wildman–Crippen LogP) is 3.19. The number of rotatable bonds is 16. The second-order valence-corrected chi connectivity index (χ2v) is 15.7. The van der Waals surface area contributed by atoms with E-state index in [2.05, 4.69) is 30.4 Å². The number of benzene rings is 1. The molecule has 2 N–H and O–H groups in total. The molecule has 8 rings (SSSR count). The van der Waals surface area contributed by atoms with Gasteiger partial charge in [-0.25, -0.2) is 9.97 Å².